The second-order valence-electron chi connectivity index (χ2n) is 6.76. The van der Waals surface area contributed by atoms with Gasteiger partial charge >= 0.3 is 6.18 Å². The molecule has 1 amide bonds. The third-order valence-electron chi connectivity index (χ3n) is 4.84. The maximum atomic E-state index is 13.0. The van der Waals surface area contributed by atoms with E-state index in [9.17, 15) is 22.8 Å². The second kappa shape index (κ2) is 8.51. The largest absolute Gasteiger partial charge is 0.416 e. The van der Waals surface area contributed by atoms with E-state index in [0.717, 1.165) is 24.1 Å². The summed E-state index contributed by atoms with van der Waals surface area (Å²) in [6, 6.07) is 12.7. The van der Waals surface area contributed by atoms with Crippen LogP contribution in [0.4, 0.5) is 13.2 Å². The van der Waals surface area contributed by atoms with Gasteiger partial charge in [-0.15, -0.1) is 0 Å². The van der Waals surface area contributed by atoms with Gasteiger partial charge in [-0.3, -0.25) is 9.59 Å². The van der Waals surface area contributed by atoms with Gasteiger partial charge in [-0.2, -0.15) is 13.2 Å². The zero-order valence-electron chi connectivity index (χ0n) is 15.9. The summed E-state index contributed by atoms with van der Waals surface area (Å²) in [4.78, 5) is 29.9. The van der Waals surface area contributed by atoms with E-state index in [1.54, 1.807) is 6.92 Å². The number of aromatic nitrogens is 1. The number of nitrogens with zero attached hydrogens (tertiary/aromatic N) is 1. The Bertz CT molecular complexity index is 1060. The molecule has 1 aromatic heterocycles. The normalized spacial score (nSPS) is 11.6. The van der Waals surface area contributed by atoms with Crippen LogP contribution in [0.5, 0.6) is 0 Å². The van der Waals surface area contributed by atoms with Crippen LogP contribution in [0.25, 0.3) is 10.9 Å². The number of nitrogens with one attached hydrogen (secondary N) is 1. The molecule has 2 aromatic carbocycles. The summed E-state index contributed by atoms with van der Waals surface area (Å²) in [5, 5.41) is -0.147. The van der Waals surface area contributed by atoms with Gasteiger partial charge in [0, 0.05) is 30.2 Å². The molecule has 7 heteroatoms. The van der Waals surface area contributed by atoms with Crippen LogP contribution < -0.4 is 5.43 Å². The number of hydrogen-bond donors (Lipinski definition) is 1. The van der Waals surface area contributed by atoms with Crippen molar-refractivity contribution in [3.05, 3.63) is 81.6 Å². The monoisotopic (exact) mass is 402 g/mol. The predicted octanol–water partition coefficient (Wildman–Crippen LogP) is 4.64. The third-order valence-corrected chi connectivity index (χ3v) is 4.84. The Morgan fingerprint density at radius 3 is 2.48 bits per heavy atom. The molecule has 0 atom stereocenters. The van der Waals surface area contributed by atoms with Gasteiger partial charge in [-0.25, -0.2) is 0 Å². The molecule has 0 spiro atoms. The van der Waals surface area contributed by atoms with Crippen molar-refractivity contribution in [3.8, 4) is 0 Å². The number of halogens is 3. The number of hydrogen-bond acceptors (Lipinski definition) is 2. The third kappa shape index (κ3) is 4.67. The molecule has 0 saturated carbocycles. The smallest absolute Gasteiger partial charge is 0.360 e. The number of alkyl halides is 3. The molecule has 0 bridgehead atoms. The van der Waals surface area contributed by atoms with Crippen molar-refractivity contribution in [1.29, 1.82) is 0 Å². The highest BCUT2D eigenvalue weighted by atomic mass is 19.4. The van der Waals surface area contributed by atoms with Gasteiger partial charge in [-0.05, 0) is 43.5 Å². The number of carbonyl (C=O) groups excluding carboxylic acids is 1. The molecule has 1 N–H and O–H groups in total. The van der Waals surface area contributed by atoms with E-state index in [0.29, 0.717) is 19.5 Å². The number of aryl methyl sites for hydroxylation is 1. The molecular formula is C22H21F3N2O2. The van der Waals surface area contributed by atoms with E-state index in [4.69, 9.17) is 0 Å². The van der Waals surface area contributed by atoms with Crippen molar-refractivity contribution < 1.29 is 18.0 Å². The maximum Gasteiger partial charge on any atom is 0.416 e. The lowest BCUT2D eigenvalue weighted by molar-refractivity contribution is -0.137. The maximum absolute atomic E-state index is 13.0. The van der Waals surface area contributed by atoms with Crippen LogP contribution in [0, 0.1) is 0 Å². The Morgan fingerprint density at radius 1 is 1.10 bits per heavy atom. The zero-order chi connectivity index (χ0) is 21.0. The van der Waals surface area contributed by atoms with E-state index in [1.165, 1.54) is 17.2 Å². The van der Waals surface area contributed by atoms with Crippen molar-refractivity contribution >= 4 is 16.8 Å². The highest BCUT2D eigenvalue weighted by Crippen LogP contribution is 2.30. The highest BCUT2D eigenvalue weighted by Gasteiger charge is 2.31. The molecule has 0 fully saturated rings. The molecule has 0 aliphatic carbocycles. The Hall–Kier alpha value is -3.09. The second-order valence-corrected chi connectivity index (χ2v) is 6.76. The van der Waals surface area contributed by atoms with Gasteiger partial charge < -0.3 is 9.88 Å². The van der Waals surface area contributed by atoms with Crippen LogP contribution >= 0.6 is 0 Å². The first-order chi connectivity index (χ1) is 13.8. The number of aromatic amines is 1. The quantitative estimate of drug-likeness (QED) is 0.653. The van der Waals surface area contributed by atoms with Gasteiger partial charge in [0.1, 0.15) is 5.56 Å². The van der Waals surface area contributed by atoms with Crippen LogP contribution in [0.15, 0.2) is 59.5 Å². The van der Waals surface area contributed by atoms with Gasteiger partial charge in [-0.1, -0.05) is 30.3 Å². The molecule has 152 valence electrons. The fraction of sp³-hybridized carbons (Fsp3) is 0.273. The van der Waals surface area contributed by atoms with Gasteiger partial charge in [0.2, 0.25) is 5.43 Å². The highest BCUT2D eigenvalue weighted by molar-refractivity contribution is 5.97. The first-order valence-electron chi connectivity index (χ1n) is 9.37. The summed E-state index contributed by atoms with van der Waals surface area (Å²) < 4.78 is 38.9. The van der Waals surface area contributed by atoms with Crippen LogP contribution in [-0.4, -0.2) is 28.9 Å². The Morgan fingerprint density at radius 2 is 1.83 bits per heavy atom. The first-order valence-corrected chi connectivity index (χ1v) is 9.37. The van der Waals surface area contributed by atoms with E-state index in [1.807, 2.05) is 30.3 Å². The molecule has 0 unspecified atom stereocenters. The lowest BCUT2D eigenvalue weighted by Crippen LogP contribution is -2.35. The van der Waals surface area contributed by atoms with Crippen molar-refractivity contribution in [2.24, 2.45) is 0 Å². The molecule has 1 heterocycles. The van der Waals surface area contributed by atoms with E-state index < -0.39 is 23.1 Å². The minimum atomic E-state index is -4.56. The molecule has 3 aromatic rings. The molecule has 29 heavy (non-hydrogen) atoms. The van der Waals surface area contributed by atoms with E-state index in [2.05, 4.69) is 4.98 Å². The number of benzene rings is 2. The topological polar surface area (TPSA) is 53.2 Å². The number of rotatable bonds is 6. The Kier molecular flexibility index (Phi) is 6.06. The van der Waals surface area contributed by atoms with Crippen LogP contribution in [0.2, 0.25) is 0 Å². The molecule has 0 aliphatic heterocycles. The van der Waals surface area contributed by atoms with Crippen molar-refractivity contribution in [1.82, 2.24) is 9.88 Å². The lowest BCUT2D eigenvalue weighted by atomic mass is 10.1. The Labute approximate surface area is 166 Å². The molecule has 0 radical (unpaired) electrons. The molecule has 0 saturated heterocycles. The molecule has 0 aliphatic rings. The van der Waals surface area contributed by atoms with Gasteiger partial charge in [0.15, 0.2) is 0 Å². The van der Waals surface area contributed by atoms with Crippen molar-refractivity contribution in [3.63, 3.8) is 0 Å². The number of carbonyl (C=O) groups is 1. The number of pyridine rings is 1. The summed E-state index contributed by atoms with van der Waals surface area (Å²) in [5.41, 5.74) is -0.365. The summed E-state index contributed by atoms with van der Waals surface area (Å²) in [6.45, 7) is 2.65. The Balaban J connectivity index is 1.82. The standard InChI is InChI=1S/C22H21F3N2O2/c1-2-27(12-6-9-15-7-4-3-5-8-15)21(29)18-14-26-19-11-10-16(22(23,24)25)13-17(19)20(18)28/h3-5,7-8,10-11,13-14H,2,6,9,12H2,1H3,(H,26,28). The van der Waals surface area contributed by atoms with Gasteiger partial charge in [0.25, 0.3) is 5.91 Å². The molecular weight excluding hydrogens is 381 g/mol. The summed E-state index contributed by atoms with van der Waals surface area (Å²) in [5.74, 6) is -0.485. The minimum absolute atomic E-state index is 0.147. The number of amides is 1. The number of fused-ring (bicyclic) bond motifs is 1. The average molecular weight is 402 g/mol. The lowest BCUT2D eigenvalue weighted by Gasteiger charge is -2.21. The van der Waals surface area contributed by atoms with Crippen molar-refractivity contribution in [2.75, 3.05) is 13.1 Å². The van der Waals surface area contributed by atoms with Crippen molar-refractivity contribution in [2.45, 2.75) is 25.9 Å². The summed E-state index contributed by atoms with van der Waals surface area (Å²) >= 11 is 0. The van der Waals surface area contributed by atoms with E-state index >= 15 is 0 Å². The van der Waals surface area contributed by atoms with Crippen LogP contribution in [-0.2, 0) is 12.6 Å². The number of H-pyrrole nitrogens is 1. The van der Waals surface area contributed by atoms with Gasteiger partial charge in [0.05, 0.1) is 5.56 Å². The summed E-state index contributed by atoms with van der Waals surface area (Å²) in [7, 11) is 0. The average Bonchev–Trinajstić information content (AvgIpc) is 2.71. The first kappa shape index (κ1) is 20.6. The molecule has 4 nitrogen and oxygen atoms in total. The zero-order valence-corrected chi connectivity index (χ0v) is 15.9. The SMILES string of the molecule is CCN(CCCc1ccccc1)C(=O)c1c[nH]c2ccc(C(F)(F)F)cc2c1=O. The fourth-order valence-electron chi connectivity index (χ4n) is 3.25. The minimum Gasteiger partial charge on any atom is -0.360 e. The van der Waals surface area contributed by atoms with E-state index in [-0.39, 0.29) is 16.5 Å². The fourth-order valence-corrected chi connectivity index (χ4v) is 3.25. The predicted molar refractivity (Wildman–Crippen MR) is 106 cm³/mol. The molecule has 3 rings (SSSR count). The summed E-state index contributed by atoms with van der Waals surface area (Å²) in [6.07, 6.45) is -1.78. The van der Waals surface area contributed by atoms with Crippen LogP contribution in [0.3, 0.4) is 0 Å². The van der Waals surface area contributed by atoms with Crippen LogP contribution in [0.1, 0.15) is 34.8 Å².